The van der Waals surface area contributed by atoms with Crippen molar-refractivity contribution >= 4 is 11.9 Å². The van der Waals surface area contributed by atoms with E-state index in [0.29, 0.717) is 12.1 Å². The molecule has 0 unspecified atom stereocenters. The number of nitrogens with one attached hydrogen (secondary N) is 1. The molecule has 0 radical (unpaired) electrons. The lowest BCUT2D eigenvalue weighted by atomic mass is 9.90. The van der Waals surface area contributed by atoms with E-state index in [1.54, 1.807) is 4.90 Å². The highest BCUT2D eigenvalue weighted by Crippen LogP contribution is 2.55. The van der Waals surface area contributed by atoms with E-state index in [4.69, 9.17) is 15.2 Å². The number of allylic oxidation sites excluding steroid dienone is 3. The monoisotopic (exact) mass is 334 g/mol. The topological polar surface area (TPSA) is 147 Å². The summed E-state index contributed by atoms with van der Waals surface area (Å²) in [7, 11) is 1.47. The molecule has 4 N–H and O–H groups in total. The Balaban J connectivity index is 1.94. The number of methoxy groups -OCH3 is 1. The summed E-state index contributed by atoms with van der Waals surface area (Å²) in [5, 5.41) is 25.9. The van der Waals surface area contributed by atoms with Crippen molar-refractivity contribution in [2.45, 2.75) is 24.7 Å². The number of Topliss-reactive ketones (excluding diaryl/α,β-unsaturated/α-hetero) is 1. The number of carbonyl (C=O) groups excluding carboxylic acids is 2. The SMILES string of the molecule is CO[C@@]12C(COC(N)=O)=C3C(=O)C(O)=C(C)C([O-])=C3N1C[C@@H]1N[C@@H]12. The third-order valence-electron chi connectivity index (χ3n) is 5.15. The number of nitrogens with zero attached hydrogens (tertiary/aromatic N) is 1. The normalized spacial score (nSPS) is 33.8. The Morgan fingerprint density at radius 2 is 2.29 bits per heavy atom. The molecule has 0 aromatic rings. The van der Waals surface area contributed by atoms with E-state index < -0.39 is 29.1 Å². The number of amides is 1. The summed E-state index contributed by atoms with van der Waals surface area (Å²) >= 11 is 0. The van der Waals surface area contributed by atoms with E-state index >= 15 is 0 Å². The maximum atomic E-state index is 12.7. The molecule has 0 aromatic heterocycles. The van der Waals surface area contributed by atoms with Crippen LogP contribution in [0.1, 0.15) is 6.92 Å². The summed E-state index contributed by atoms with van der Waals surface area (Å²) in [4.78, 5) is 25.4. The number of piperazine rings is 1. The van der Waals surface area contributed by atoms with Gasteiger partial charge in [0.25, 0.3) is 0 Å². The van der Waals surface area contributed by atoms with Crippen molar-refractivity contribution in [3.8, 4) is 0 Å². The maximum absolute atomic E-state index is 12.7. The molecule has 1 amide bonds. The Hall–Kier alpha value is -2.52. The Morgan fingerprint density at radius 3 is 2.92 bits per heavy atom. The number of aliphatic hydroxyl groups excluding tert-OH is 1. The first-order chi connectivity index (χ1) is 11.3. The van der Waals surface area contributed by atoms with Crippen LogP contribution in [-0.4, -0.2) is 60.0 Å². The molecular weight excluding hydrogens is 318 g/mol. The Morgan fingerprint density at radius 1 is 1.58 bits per heavy atom. The number of aliphatic hydroxyl groups is 1. The zero-order valence-corrected chi connectivity index (χ0v) is 13.1. The van der Waals surface area contributed by atoms with Gasteiger partial charge in [0, 0.05) is 31.0 Å². The van der Waals surface area contributed by atoms with Gasteiger partial charge in [-0.2, -0.15) is 0 Å². The standard InChI is InChI=1S/C15H17N3O6/c1-5-10(19)9-8(12(21)11(5)20)6(4-24-14(16)22)15(23-2)13-7(17-13)3-18(9)15/h7,13,17,19-20H,3-4H2,1-2H3,(H2,16,22)/p-1/t7-,13-,15+/m0/s1. The zero-order chi connectivity index (χ0) is 17.4. The van der Waals surface area contributed by atoms with Crippen LogP contribution in [0.25, 0.3) is 0 Å². The largest absolute Gasteiger partial charge is 0.871 e. The quantitative estimate of drug-likeness (QED) is 0.522. The molecule has 0 aromatic carbocycles. The van der Waals surface area contributed by atoms with Crippen molar-refractivity contribution in [1.29, 1.82) is 0 Å². The molecule has 0 bridgehead atoms. The molecule has 0 spiro atoms. The van der Waals surface area contributed by atoms with Gasteiger partial charge in [-0.05, 0) is 12.5 Å². The van der Waals surface area contributed by atoms with Crippen LogP contribution in [-0.2, 0) is 14.3 Å². The number of rotatable bonds is 3. The van der Waals surface area contributed by atoms with Gasteiger partial charge in [-0.15, -0.1) is 0 Å². The van der Waals surface area contributed by atoms with E-state index in [0.717, 1.165) is 0 Å². The molecule has 24 heavy (non-hydrogen) atoms. The minimum atomic E-state index is -1.10. The fourth-order valence-corrected chi connectivity index (χ4v) is 4.02. The highest BCUT2D eigenvalue weighted by Gasteiger charge is 2.69. The van der Waals surface area contributed by atoms with Crippen LogP contribution in [0.5, 0.6) is 0 Å². The summed E-state index contributed by atoms with van der Waals surface area (Å²) in [6, 6.07) is -0.0204. The molecule has 128 valence electrons. The fraction of sp³-hybridized carbons (Fsp3) is 0.467. The Bertz CT molecular complexity index is 782. The molecule has 9 heteroatoms. The zero-order valence-electron chi connectivity index (χ0n) is 13.1. The van der Waals surface area contributed by atoms with Crippen molar-refractivity contribution in [3.05, 3.63) is 33.9 Å². The van der Waals surface area contributed by atoms with Gasteiger partial charge in [-0.25, -0.2) is 4.79 Å². The highest BCUT2D eigenvalue weighted by molar-refractivity contribution is 6.13. The molecule has 3 atom stereocenters. The van der Waals surface area contributed by atoms with Crippen LogP contribution in [0.2, 0.25) is 0 Å². The smallest absolute Gasteiger partial charge is 0.404 e. The molecule has 0 saturated carbocycles. The first-order valence-corrected chi connectivity index (χ1v) is 7.45. The van der Waals surface area contributed by atoms with Crippen LogP contribution >= 0.6 is 0 Å². The van der Waals surface area contributed by atoms with Crippen molar-refractivity contribution < 1.29 is 29.3 Å². The average Bonchev–Trinajstić information content (AvgIpc) is 3.16. The van der Waals surface area contributed by atoms with Crippen molar-refractivity contribution in [3.63, 3.8) is 0 Å². The second-order valence-corrected chi connectivity index (χ2v) is 6.20. The third kappa shape index (κ3) is 1.55. The lowest BCUT2D eigenvalue weighted by molar-refractivity contribution is -0.301. The molecule has 4 rings (SSSR count). The number of ketones is 1. The summed E-state index contributed by atoms with van der Waals surface area (Å²) in [5.41, 5.74) is 4.50. The predicted molar refractivity (Wildman–Crippen MR) is 77.1 cm³/mol. The molecule has 2 saturated heterocycles. The average molecular weight is 334 g/mol. The van der Waals surface area contributed by atoms with E-state index in [1.165, 1.54) is 14.0 Å². The van der Waals surface area contributed by atoms with Gasteiger partial charge in [0.15, 0.2) is 11.5 Å². The molecule has 1 aliphatic carbocycles. The van der Waals surface area contributed by atoms with Crippen LogP contribution < -0.4 is 16.2 Å². The second kappa shape index (κ2) is 4.52. The number of hydrogen-bond acceptors (Lipinski definition) is 8. The van der Waals surface area contributed by atoms with Gasteiger partial charge in [-0.1, -0.05) is 5.76 Å². The Labute approximate surface area is 137 Å². The van der Waals surface area contributed by atoms with E-state index in [-0.39, 0.29) is 35.5 Å². The van der Waals surface area contributed by atoms with Crippen LogP contribution in [0.15, 0.2) is 33.9 Å². The third-order valence-corrected chi connectivity index (χ3v) is 5.15. The lowest BCUT2D eigenvalue weighted by Crippen LogP contribution is -2.51. The lowest BCUT2D eigenvalue weighted by Gasteiger charge is -2.39. The highest BCUT2D eigenvalue weighted by atomic mass is 16.6. The Kier molecular flexibility index (Phi) is 2.83. The van der Waals surface area contributed by atoms with Gasteiger partial charge >= 0.3 is 6.09 Å². The first-order valence-electron chi connectivity index (χ1n) is 7.45. The maximum Gasteiger partial charge on any atom is 0.404 e. The van der Waals surface area contributed by atoms with E-state index in [9.17, 15) is 19.8 Å². The summed E-state index contributed by atoms with van der Waals surface area (Å²) < 4.78 is 10.6. The number of fused-ring (bicyclic) bond motifs is 5. The fourth-order valence-electron chi connectivity index (χ4n) is 4.02. The van der Waals surface area contributed by atoms with Gasteiger partial charge < -0.3 is 35.6 Å². The molecule has 2 fully saturated rings. The number of carbonyl (C=O) groups is 2. The first kappa shape index (κ1) is 15.0. The minimum absolute atomic E-state index is 0.00523. The minimum Gasteiger partial charge on any atom is -0.871 e. The molecule has 4 aliphatic rings. The number of primary amides is 1. The van der Waals surface area contributed by atoms with Gasteiger partial charge in [0.05, 0.1) is 11.6 Å². The second-order valence-electron chi connectivity index (χ2n) is 6.20. The van der Waals surface area contributed by atoms with Crippen LogP contribution in [0.3, 0.4) is 0 Å². The molecule has 3 aliphatic heterocycles. The summed E-state index contributed by atoms with van der Waals surface area (Å²) in [6.45, 7) is 1.58. The van der Waals surface area contributed by atoms with Crippen molar-refractivity contribution in [2.75, 3.05) is 20.3 Å². The predicted octanol–water partition coefficient (Wildman–Crippen LogP) is -1.62. The van der Waals surface area contributed by atoms with E-state index in [2.05, 4.69) is 5.32 Å². The van der Waals surface area contributed by atoms with Crippen molar-refractivity contribution in [2.24, 2.45) is 5.73 Å². The molecule has 3 heterocycles. The number of ether oxygens (including phenoxy) is 2. The number of hydrogen-bond donors (Lipinski definition) is 3. The van der Waals surface area contributed by atoms with Gasteiger partial charge in [0.2, 0.25) is 5.78 Å². The number of nitrogens with two attached hydrogens (primary N) is 1. The molecular formula is C15H16N3O6-. The van der Waals surface area contributed by atoms with Gasteiger partial charge in [0.1, 0.15) is 6.61 Å². The summed E-state index contributed by atoms with van der Waals surface area (Å²) in [5.74, 6) is -1.70. The van der Waals surface area contributed by atoms with Crippen LogP contribution in [0.4, 0.5) is 4.79 Å². The summed E-state index contributed by atoms with van der Waals surface area (Å²) in [6.07, 6.45) is -1.00. The van der Waals surface area contributed by atoms with E-state index in [1.807, 2.05) is 0 Å². The van der Waals surface area contributed by atoms with Crippen LogP contribution in [0, 0.1) is 0 Å². The van der Waals surface area contributed by atoms with Gasteiger partial charge in [-0.3, -0.25) is 4.79 Å². The molecule has 9 nitrogen and oxygen atoms in total. The van der Waals surface area contributed by atoms with Crippen molar-refractivity contribution in [1.82, 2.24) is 10.2 Å².